The van der Waals surface area contributed by atoms with Crippen molar-refractivity contribution < 1.29 is 9.59 Å². The van der Waals surface area contributed by atoms with Gasteiger partial charge in [-0.3, -0.25) is 14.5 Å². The molecule has 156 valence electrons. The van der Waals surface area contributed by atoms with Gasteiger partial charge in [0, 0.05) is 17.8 Å². The lowest BCUT2D eigenvalue weighted by atomic mass is 9.96. The number of piperidine rings is 1. The summed E-state index contributed by atoms with van der Waals surface area (Å²) in [6.07, 6.45) is 1.68. The lowest BCUT2D eigenvalue weighted by molar-refractivity contribution is -0.127. The first-order chi connectivity index (χ1) is 14.4. The van der Waals surface area contributed by atoms with Crippen LogP contribution in [0.2, 0.25) is 0 Å². The number of anilines is 1. The summed E-state index contributed by atoms with van der Waals surface area (Å²) in [5, 5.41) is 3.95. The summed E-state index contributed by atoms with van der Waals surface area (Å²) >= 11 is 1.67. The maximum absolute atomic E-state index is 12.7. The molecule has 1 fully saturated rings. The number of hydrogen-bond donors (Lipinski definition) is 2. The Morgan fingerprint density at radius 1 is 1.23 bits per heavy atom. The number of benzene rings is 2. The predicted octanol–water partition coefficient (Wildman–Crippen LogP) is 3.80. The van der Waals surface area contributed by atoms with Crippen LogP contribution in [0, 0.1) is 12.8 Å². The fourth-order valence-corrected chi connectivity index (χ4v) is 4.92. The summed E-state index contributed by atoms with van der Waals surface area (Å²) < 4.78 is 1.17. The van der Waals surface area contributed by atoms with E-state index in [-0.39, 0.29) is 23.8 Å². The highest BCUT2D eigenvalue weighted by Gasteiger charge is 2.29. The van der Waals surface area contributed by atoms with Crippen LogP contribution in [-0.4, -0.2) is 40.8 Å². The van der Waals surface area contributed by atoms with E-state index in [0.29, 0.717) is 6.54 Å². The van der Waals surface area contributed by atoms with E-state index < -0.39 is 0 Å². The van der Waals surface area contributed by atoms with Crippen LogP contribution < -0.4 is 11.1 Å². The average molecular weight is 423 g/mol. The molecule has 3 N–H and O–H groups in total. The van der Waals surface area contributed by atoms with E-state index in [9.17, 15) is 9.59 Å². The Labute approximate surface area is 180 Å². The Bertz CT molecular complexity index is 1080. The number of hydrogen-bond acceptors (Lipinski definition) is 5. The van der Waals surface area contributed by atoms with E-state index >= 15 is 0 Å². The van der Waals surface area contributed by atoms with Gasteiger partial charge in [-0.15, -0.1) is 11.3 Å². The van der Waals surface area contributed by atoms with Crippen LogP contribution in [0.3, 0.4) is 0 Å². The highest BCUT2D eigenvalue weighted by atomic mass is 32.1. The SMILES string of the molecule is Cc1ccc2nc(-c3ccc(NC(=O)[C@@H](C)N4CCC[C@H](C(N)=O)C4)cc3)sc2c1. The van der Waals surface area contributed by atoms with E-state index in [2.05, 4.69) is 24.4 Å². The number of aromatic nitrogens is 1. The molecule has 1 aromatic heterocycles. The molecule has 2 aromatic carbocycles. The van der Waals surface area contributed by atoms with Crippen molar-refractivity contribution in [1.29, 1.82) is 0 Å². The van der Waals surface area contributed by atoms with Gasteiger partial charge in [0.15, 0.2) is 0 Å². The number of aryl methyl sites for hydroxylation is 1. The molecule has 2 atom stereocenters. The first kappa shape index (κ1) is 20.5. The summed E-state index contributed by atoms with van der Waals surface area (Å²) in [6, 6.07) is 13.7. The molecule has 6 nitrogen and oxygen atoms in total. The molecule has 0 bridgehead atoms. The molecule has 1 aliphatic heterocycles. The summed E-state index contributed by atoms with van der Waals surface area (Å²) in [5.41, 5.74) is 9.45. The fourth-order valence-electron chi connectivity index (χ4n) is 3.85. The van der Waals surface area contributed by atoms with E-state index in [1.54, 1.807) is 11.3 Å². The number of nitrogens with one attached hydrogen (secondary N) is 1. The second kappa shape index (κ2) is 8.53. The molecular weight excluding hydrogens is 396 g/mol. The molecular formula is C23H26N4O2S. The summed E-state index contributed by atoms with van der Waals surface area (Å²) in [6.45, 7) is 5.29. The van der Waals surface area contributed by atoms with Crippen molar-refractivity contribution in [3.05, 3.63) is 48.0 Å². The zero-order valence-corrected chi connectivity index (χ0v) is 18.0. The molecule has 0 unspecified atom stereocenters. The molecule has 30 heavy (non-hydrogen) atoms. The second-order valence-electron chi connectivity index (χ2n) is 7.97. The minimum Gasteiger partial charge on any atom is -0.369 e. The van der Waals surface area contributed by atoms with Crippen LogP contribution in [0.4, 0.5) is 5.69 Å². The van der Waals surface area contributed by atoms with E-state index in [1.807, 2.05) is 42.2 Å². The molecule has 0 aliphatic carbocycles. The fraction of sp³-hybridized carbons (Fsp3) is 0.348. The largest absolute Gasteiger partial charge is 0.369 e. The van der Waals surface area contributed by atoms with Gasteiger partial charge in [0.1, 0.15) is 5.01 Å². The highest BCUT2D eigenvalue weighted by Crippen LogP contribution is 2.31. The van der Waals surface area contributed by atoms with Crippen LogP contribution in [0.15, 0.2) is 42.5 Å². The van der Waals surface area contributed by atoms with Crippen LogP contribution in [0.25, 0.3) is 20.8 Å². The Hall–Kier alpha value is -2.77. The third kappa shape index (κ3) is 4.37. The van der Waals surface area contributed by atoms with Gasteiger partial charge in [-0.2, -0.15) is 0 Å². The maximum Gasteiger partial charge on any atom is 0.241 e. The van der Waals surface area contributed by atoms with Crippen molar-refractivity contribution in [2.75, 3.05) is 18.4 Å². The van der Waals surface area contributed by atoms with Gasteiger partial charge in [-0.05, 0) is 75.2 Å². The first-order valence-electron chi connectivity index (χ1n) is 10.2. The van der Waals surface area contributed by atoms with Gasteiger partial charge >= 0.3 is 0 Å². The van der Waals surface area contributed by atoms with Crippen LogP contribution >= 0.6 is 11.3 Å². The summed E-state index contributed by atoms with van der Waals surface area (Å²) in [5.74, 6) is -0.540. The zero-order valence-electron chi connectivity index (χ0n) is 17.2. The number of carbonyl (C=O) groups excluding carboxylic acids is 2. The monoisotopic (exact) mass is 422 g/mol. The highest BCUT2D eigenvalue weighted by molar-refractivity contribution is 7.21. The van der Waals surface area contributed by atoms with Gasteiger partial charge in [0.25, 0.3) is 0 Å². The van der Waals surface area contributed by atoms with Crippen molar-refractivity contribution in [2.24, 2.45) is 11.7 Å². The van der Waals surface area contributed by atoms with Crippen molar-refractivity contribution in [1.82, 2.24) is 9.88 Å². The van der Waals surface area contributed by atoms with Crippen molar-refractivity contribution in [3.8, 4) is 10.6 Å². The molecule has 7 heteroatoms. The van der Waals surface area contributed by atoms with Gasteiger partial charge in [-0.1, -0.05) is 6.07 Å². The normalized spacial score (nSPS) is 18.3. The van der Waals surface area contributed by atoms with Crippen LogP contribution in [0.5, 0.6) is 0 Å². The second-order valence-corrected chi connectivity index (χ2v) is 9.00. The van der Waals surface area contributed by atoms with Gasteiger partial charge < -0.3 is 11.1 Å². The zero-order chi connectivity index (χ0) is 21.3. The molecule has 0 radical (unpaired) electrons. The molecule has 4 rings (SSSR count). The number of thiazole rings is 1. The quantitative estimate of drug-likeness (QED) is 0.655. The van der Waals surface area contributed by atoms with Crippen molar-refractivity contribution >= 4 is 39.1 Å². The summed E-state index contributed by atoms with van der Waals surface area (Å²) in [7, 11) is 0. The molecule has 1 saturated heterocycles. The van der Waals surface area contributed by atoms with Gasteiger partial charge in [0.2, 0.25) is 11.8 Å². The number of likely N-dealkylation sites (tertiary alicyclic amines) is 1. The van der Waals surface area contributed by atoms with Crippen LogP contribution in [0.1, 0.15) is 25.3 Å². The number of carbonyl (C=O) groups is 2. The third-order valence-electron chi connectivity index (χ3n) is 5.73. The lowest BCUT2D eigenvalue weighted by Crippen LogP contribution is -2.49. The molecule has 1 aliphatic rings. The topological polar surface area (TPSA) is 88.3 Å². The van der Waals surface area contributed by atoms with Gasteiger partial charge in [0.05, 0.1) is 22.2 Å². The molecule has 0 saturated carbocycles. The van der Waals surface area contributed by atoms with Gasteiger partial charge in [-0.25, -0.2) is 4.98 Å². The standard InChI is InChI=1S/C23H26N4O2S/c1-14-5-10-19-20(12-14)30-23(26-19)16-6-8-18(9-7-16)25-22(29)15(2)27-11-3-4-17(13-27)21(24)28/h5-10,12,15,17H,3-4,11,13H2,1-2H3,(H2,24,28)(H,25,29)/t15-,17+/m1/s1. The van der Waals surface area contributed by atoms with E-state index in [4.69, 9.17) is 10.7 Å². The lowest BCUT2D eigenvalue weighted by Gasteiger charge is -2.34. The van der Waals surface area contributed by atoms with Crippen LogP contribution in [-0.2, 0) is 9.59 Å². The van der Waals surface area contributed by atoms with Crippen molar-refractivity contribution in [2.45, 2.75) is 32.7 Å². The Morgan fingerprint density at radius 2 is 2.00 bits per heavy atom. The molecule has 3 aromatic rings. The average Bonchev–Trinajstić information content (AvgIpc) is 3.17. The molecule has 0 spiro atoms. The number of rotatable bonds is 5. The Kier molecular flexibility index (Phi) is 5.83. The minimum absolute atomic E-state index is 0.0802. The minimum atomic E-state index is -0.320. The number of nitrogens with two attached hydrogens (primary N) is 1. The van der Waals surface area contributed by atoms with E-state index in [1.165, 1.54) is 10.3 Å². The first-order valence-corrected chi connectivity index (χ1v) is 11.0. The number of amides is 2. The van der Waals surface area contributed by atoms with E-state index in [0.717, 1.165) is 41.2 Å². The molecule has 2 amide bonds. The number of fused-ring (bicyclic) bond motifs is 1. The smallest absolute Gasteiger partial charge is 0.241 e. The maximum atomic E-state index is 12.7. The number of nitrogens with zero attached hydrogens (tertiary/aromatic N) is 2. The Balaban J connectivity index is 1.42. The summed E-state index contributed by atoms with van der Waals surface area (Å²) in [4.78, 5) is 31.0. The third-order valence-corrected chi connectivity index (χ3v) is 6.79. The molecule has 2 heterocycles. The predicted molar refractivity (Wildman–Crippen MR) is 121 cm³/mol. The van der Waals surface area contributed by atoms with Crippen molar-refractivity contribution in [3.63, 3.8) is 0 Å². The number of primary amides is 1. The Morgan fingerprint density at radius 3 is 2.73 bits per heavy atom.